The summed E-state index contributed by atoms with van der Waals surface area (Å²) in [5.41, 5.74) is 2.20. The van der Waals surface area contributed by atoms with Crippen LogP contribution in [0.15, 0.2) is 66.3 Å². The first kappa shape index (κ1) is 12.7. The number of benzene rings is 1. The Morgan fingerprint density at radius 1 is 1.05 bits per heavy atom. The van der Waals surface area contributed by atoms with Gasteiger partial charge in [0.2, 0.25) is 0 Å². The summed E-state index contributed by atoms with van der Waals surface area (Å²) in [5.74, 6) is -0.0190. The van der Waals surface area contributed by atoms with Crippen LogP contribution in [-0.2, 0) is 6.54 Å². The Hall–Kier alpha value is -2.33. The molecule has 0 saturated heterocycles. The molecule has 0 aliphatic rings. The lowest BCUT2D eigenvalue weighted by Gasteiger charge is -2.06. The Balaban J connectivity index is 1.63. The molecule has 1 aromatic carbocycles. The van der Waals surface area contributed by atoms with Crippen LogP contribution in [0.4, 0.5) is 0 Å². The standard InChI is InChI=1S/C16H14N2OS/c19-16(15-4-3-11-20-15)17-12-13-5-7-14(8-6-13)18-9-1-2-10-18/h1-11H,12H2,(H,17,19). The summed E-state index contributed by atoms with van der Waals surface area (Å²) in [7, 11) is 0. The Kier molecular flexibility index (Phi) is 3.65. The molecule has 0 radical (unpaired) electrons. The van der Waals surface area contributed by atoms with E-state index in [1.807, 2.05) is 70.9 Å². The second kappa shape index (κ2) is 5.75. The molecule has 0 atom stereocenters. The highest BCUT2D eigenvalue weighted by Gasteiger charge is 2.05. The van der Waals surface area contributed by atoms with Gasteiger partial charge in [-0.25, -0.2) is 0 Å². The minimum atomic E-state index is -0.0190. The van der Waals surface area contributed by atoms with Crippen LogP contribution in [0.2, 0.25) is 0 Å². The van der Waals surface area contributed by atoms with E-state index in [4.69, 9.17) is 0 Å². The normalized spacial score (nSPS) is 10.4. The van der Waals surface area contributed by atoms with Gasteiger partial charge in [-0.1, -0.05) is 18.2 Å². The van der Waals surface area contributed by atoms with E-state index < -0.39 is 0 Å². The molecule has 1 amide bonds. The van der Waals surface area contributed by atoms with E-state index in [9.17, 15) is 4.79 Å². The van der Waals surface area contributed by atoms with Gasteiger partial charge >= 0.3 is 0 Å². The van der Waals surface area contributed by atoms with Gasteiger partial charge in [0.15, 0.2) is 0 Å². The van der Waals surface area contributed by atoms with Crippen molar-refractivity contribution in [3.63, 3.8) is 0 Å². The Morgan fingerprint density at radius 3 is 2.45 bits per heavy atom. The molecule has 0 fully saturated rings. The number of thiophene rings is 1. The Labute approximate surface area is 121 Å². The van der Waals surface area contributed by atoms with Crippen LogP contribution in [0, 0.1) is 0 Å². The molecule has 0 aliphatic heterocycles. The highest BCUT2D eigenvalue weighted by molar-refractivity contribution is 7.12. The molecule has 2 aromatic heterocycles. The maximum Gasteiger partial charge on any atom is 0.261 e. The minimum Gasteiger partial charge on any atom is -0.347 e. The summed E-state index contributed by atoms with van der Waals surface area (Å²) in [6.07, 6.45) is 4.02. The third-order valence-electron chi connectivity index (χ3n) is 3.04. The highest BCUT2D eigenvalue weighted by atomic mass is 32.1. The van der Waals surface area contributed by atoms with Crippen LogP contribution in [0.3, 0.4) is 0 Å². The van der Waals surface area contributed by atoms with Crippen molar-refractivity contribution in [3.05, 3.63) is 76.7 Å². The fourth-order valence-electron chi connectivity index (χ4n) is 1.97. The fraction of sp³-hybridized carbons (Fsp3) is 0.0625. The molecule has 0 unspecified atom stereocenters. The van der Waals surface area contributed by atoms with E-state index in [2.05, 4.69) is 5.32 Å². The van der Waals surface area contributed by atoms with Crippen molar-refractivity contribution in [2.24, 2.45) is 0 Å². The molecular formula is C16H14N2OS. The Bertz CT molecular complexity index is 670. The summed E-state index contributed by atoms with van der Waals surface area (Å²) < 4.78 is 2.05. The zero-order chi connectivity index (χ0) is 13.8. The van der Waals surface area contributed by atoms with Crippen molar-refractivity contribution in [2.75, 3.05) is 0 Å². The summed E-state index contributed by atoms with van der Waals surface area (Å²) in [5, 5.41) is 4.82. The van der Waals surface area contributed by atoms with Crippen LogP contribution in [0.1, 0.15) is 15.2 Å². The van der Waals surface area contributed by atoms with E-state index in [0.29, 0.717) is 6.54 Å². The van der Waals surface area contributed by atoms with E-state index >= 15 is 0 Å². The number of rotatable bonds is 4. The van der Waals surface area contributed by atoms with Crippen molar-refractivity contribution in [1.29, 1.82) is 0 Å². The zero-order valence-corrected chi connectivity index (χ0v) is 11.6. The topological polar surface area (TPSA) is 34.0 Å². The van der Waals surface area contributed by atoms with Gasteiger partial charge in [-0.3, -0.25) is 4.79 Å². The molecule has 4 heteroatoms. The minimum absolute atomic E-state index is 0.0190. The first-order chi connectivity index (χ1) is 9.83. The molecule has 20 heavy (non-hydrogen) atoms. The van der Waals surface area contributed by atoms with Crippen molar-refractivity contribution in [1.82, 2.24) is 9.88 Å². The van der Waals surface area contributed by atoms with E-state index in [1.165, 1.54) is 11.3 Å². The lowest BCUT2D eigenvalue weighted by atomic mass is 10.2. The third-order valence-corrected chi connectivity index (χ3v) is 3.91. The number of aromatic nitrogens is 1. The molecule has 0 aliphatic carbocycles. The average Bonchev–Trinajstić information content (AvgIpc) is 3.18. The molecule has 0 bridgehead atoms. The lowest BCUT2D eigenvalue weighted by molar-refractivity contribution is 0.0955. The average molecular weight is 282 g/mol. The van der Waals surface area contributed by atoms with Crippen LogP contribution < -0.4 is 5.32 Å². The number of nitrogens with one attached hydrogen (secondary N) is 1. The largest absolute Gasteiger partial charge is 0.347 e. The number of nitrogens with zero attached hydrogens (tertiary/aromatic N) is 1. The summed E-state index contributed by atoms with van der Waals surface area (Å²) >= 11 is 1.45. The molecule has 0 spiro atoms. The summed E-state index contributed by atoms with van der Waals surface area (Å²) in [4.78, 5) is 12.6. The van der Waals surface area contributed by atoms with Crippen LogP contribution in [0.25, 0.3) is 5.69 Å². The van der Waals surface area contributed by atoms with Gasteiger partial charge < -0.3 is 9.88 Å². The van der Waals surface area contributed by atoms with E-state index in [0.717, 1.165) is 16.1 Å². The Morgan fingerprint density at radius 2 is 1.80 bits per heavy atom. The smallest absolute Gasteiger partial charge is 0.261 e. The zero-order valence-electron chi connectivity index (χ0n) is 10.8. The summed E-state index contributed by atoms with van der Waals surface area (Å²) in [6, 6.07) is 15.9. The van der Waals surface area contributed by atoms with Gasteiger partial charge in [-0.2, -0.15) is 0 Å². The number of carbonyl (C=O) groups is 1. The fourth-order valence-corrected chi connectivity index (χ4v) is 2.61. The van der Waals surface area contributed by atoms with Gasteiger partial charge in [0.05, 0.1) is 4.88 Å². The van der Waals surface area contributed by atoms with Gasteiger partial charge in [-0.05, 0) is 41.3 Å². The van der Waals surface area contributed by atoms with Crippen molar-refractivity contribution in [3.8, 4) is 5.69 Å². The predicted molar refractivity (Wildman–Crippen MR) is 81.3 cm³/mol. The number of amides is 1. The molecule has 3 nitrogen and oxygen atoms in total. The molecule has 2 heterocycles. The van der Waals surface area contributed by atoms with Crippen molar-refractivity contribution in [2.45, 2.75) is 6.54 Å². The molecule has 3 aromatic rings. The van der Waals surface area contributed by atoms with Crippen molar-refractivity contribution < 1.29 is 4.79 Å². The summed E-state index contributed by atoms with van der Waals surface area (Å²) in [6.45, 7) is 0.544. The molecular weight excluding hydrogens is 268 g/mol. The quantitative estimate of drug-likeness (QED) is 0.781. The third kappa shape index (κ3) is 2.81. The van der Waals surface area contributed by atoms with Crippen LogP contribution in [0.5, 0.6) is 0 Å². The van der Waals surface area contributed by atoms with Crippen LogP contribution >= 0.6 is 11.3 Å². The molecule has 1 N–H and O–H groups in total. The first-order valence-electron chi connectivity index (χ1n) is 6.37. The maximum atomic E-state index is 11.8. The van der Waals surface area contributed by atoms with Crippen LogP contribution in [-0.4, -0.2) is 10.5 Å². The van der Waals surface area contributed by atoms with Gasteiger partial charge in [0.1, 0.15) is 0 Å². The molecule has 3 rings (SSSR count). The number of hydrogen-bond donors (Lipinski definition) is 1. The second-order valence-electron chi connectivity index (χ2n) is 4.42. The van der Waals surface area contributed by atoms with Crippen molar-refractivity contribution >= 4 is 17.2 Å². The maximum absolute atomic E-state index is 11.8. The number of hydrogen-bond acceptors (Lipinski definition) is 2. The van der Waals surface area contributed by atoms with Gasteiger partial charge in [-0.15, -0.1) is 11.3 Å². The first-order valence-corrected chi connectivity index (χ1v) is 7.25. The SMILES string of the molecule is O=C(NCc1ccc(-n2cccc2)cc1)c1cccs1. The monoisotopic (exact) mass is 282 g/mol. The predicted octanol–water partition coefficient (Wildman–Crippen LogP) is 3.47. The molecule has 0 saturated carbocycles. The molecule has 100 valence electrons. The van der Waals surface area contributed by atoms with Gasteiger partial charge in [0.25, 0.3) is 5.91 Å². The second-order valence-corrected chi connectivity index (χ2v) is 5.36. The lowest BCUT2D eigenvalue weighted by Crippen LogP contribution is -2.21. The highest BCUT2D eigenvalue weighted by Crippen LogP contribution is 2.11. The van der Waals surface area contributed by atoms with E-state index in [-0.39, 0.29) is 5.91 Å². The van der Waals surface area contributed by atoms with Gasteiger partial charge in [0, 0.05) is 24.6 Å². The van der Waals surface area contributed by atoms with E-state index in [1.54, 1.807) is 0 Å². The number of carbonyl (C=O) groups excluding carboxylic acids is 1.